The van der Waals surface area contributed by atoms with Gasteiger partial charge < -0.3 is 14.6 Å². The number of aliphatic hydroxyl groups excluding tert-OH is 1. The van der Waals surface area contributed by atoms with E-state index in [9.17, 15) is 28.6 Å². The van der Waals surface area contributed by atoms with Crippen LogP contribution >= 0.6 is 11.6 Å². The minimum Gasteiger partial charge on any atom is -0.506 e. The Morgan fingerprint density at radius 2 is 1.74 bits per heavy atom. The zero-order valence-electron chi connectivity index (χ0n) is 17.1. The summed E-state index contributed by atoms with van der Waals surface area (Å²) in [6.45, 7) is 0. The van der Waals surface area contributed by atoms with E-state index in [-0.39, 0.29) is 33.4 Å². The first-order chi connectivity index (χ1) is 16.3. The van der Waals surface area contributed by atoms with E-state index in [1.54, 1.807) is 24.3 Å². The van der Waals surface area contributed by atoms with Crippen molar-refractivity contribution in [1.82, 2.24) is 0 Å². The van der Waals surface area contributed by atoms with Crippen LogP contribution < -0.4 is 4.90 Å². The number of para-hydroxylation sites is 1. The number of Topliss-reactive ketones (excluding diaryl/α,β-unsaturated/α-hetero) is 1. The Morgan fingerprint density at radius 1 is 0.971 bits per heavy atom. The van der Waals surface area contributed by atoms with E-state index in [4.69, 9.17) is 16.0 Å². The van der Waals surface area contributed by atoms with Crippen LogP contribution in [-0.4, -0.2) is 21.9 Å². The molecule has 5 rings (SSSR count). The largest absolute Gasteiger partial charge is 0.506 e. The number of phenols is 1. The second kappa shape index (κ2) is 8.00. The lowest BCUT2D eigenvalue weighted by Gasteiger charge is -2.27. The first-order valence-electron chi connectivity index (χ1n) is 9.99. The lowest BCUT2D eigenvalue weighted by atomic mass is 9.94. The predicted octanol–water partition coefficient (Wildman–Crippen LogP) is 5.85. The van der Waals surface area contributed by atoms with E-state index in [2.05, 4.69) is 0 Å². The quantitative estimate of drug-likeness (QED) is 0.357. The molecule has 1 amide bonds. The van der Waals surface area contributed by atoms with Crippen LogP contribution in [0.4, 0.5) is 14.5 Å². The molecule has 0 radical (unpaired) electrons. The van der Waals surface area contributed by atoms with Gasteiger partial charge in [-0.15, -0.1) is 0 Å². The number of aliphatic hydroxyl groups is 1. The molecule has 1 atom stereocenters. The third-order valence-corrected chi connectivity index (χ3v) is 5.87. The van der Waals surface area contributed by atoms with E-state index in [1.807, 2.05) is 0 Å². The Bertz CT molecular complexity index is 1490. The van der Waals surface area contributed by atoms with Gasteiger partial charge in [-0.25, -0.2) is 8.78 Å². The third-order valence-electron chi connectivity index (χ3n) is 5.57. The summed E-state index contributed by atoms with van der Waals surface area (Å²) >= 11 is 6.06. The molecule has 6 nitrogen and oxygen atoms in total. The maximum atomic E-state index is 14.0. The number of halogens is 3. The number of amides is 1. The average molecular weight is 482 g/mol. The number of phenolic OH excluding ortho intramolecular Hbond substituents is 1. The number of nitrogens with zero attached hydrogens (tertiary/aromatic N) is 1. The van der Waals surface area contributed by atoms with Crippen molar-refractivity contribution in [3.63, 3.8) is 0 Å². The Hall–Kier alpha value is -4.17. The van der Waals surface area contributed by atoms with Crippen molar-refractivity contribution < 1.29 is 33.0 Å². The van der Waals surface area contributed by atoms with Crippen molar-refractivity contribution in [2.24, 2.45) is 0 Å². The molecule has 0 bridgehead atoms. The maximum Gasteiger partial charge on any atom is 0.294 e. The molecular weight excluding hydrogens is 468 g/mol. The fraction of sp³-hybridized carbons (Fsp3) is 0.0400. The van der Waals surface area contributed by atoms with Crippen molar-refractivity contribution in [2.45, 2.75) is 6.04 Å². The molecule has 3 aromatic carbocycles. The van der Waals surface area contributed by atoms with Gasteiger partial charge in [0, 0.05) is 17.1 Å². The van der Waals surface area contributed by atoms with Gasteiger partial charge in [-0.2, -0.15) is 0 Å². The number of carbonyl (C=O) groups excluding carboxylic acids is 2. The van der Waals surface area contributed by atoms with Gasteiger partial charge in [0.25, 0.3) is 5.91 Å². The Balaban J connectivity index is 1.69. The number of aromatic hydroxyl groups is 1. The molecule has 0 spiro atoms. The summed E-state index contributed by atoms with van der Waals surface area (Å²) in [5.41, 5.74) is 0.231. The summed E-state index contributed by atoms with van der Waals surface area (Å²) in [6.07, 6.45) is 0. The number of carbonyl (C=O) groups is 2. The highest BCUT2D eigenvalue weighted by atomic mass is 35.5. The molecule has 0 aliphatic carbocycles. The number of fused-ring (bicyclic) bond motifs is 1. The van der Waals surface area contributed by atoms with Crippen LogP contribution in [0.15, 0.2) is 82.5 Å². The van der Waals surface area contributed by atoms with Crippen LogP contribution in [0.3, 0.4) is 0 Å². The van der Waals surface area contributed by atoms with Gasteiger partial charge in [0.05, 0.1) is 16.6 Å². The van der Waals surface area contributed by atoms with Crippen molar-refractivity contribution in [2.75, 3.05) is 4.90 Å². The molecule has 1 aromatic heterocycles. The van der Waals surface area contributed by atoms with Crippen molar-refractivity contribution in [3.8, 4) is 5.75 Å². The van der Waals surface area contributed by atoms with Gasteiger partial charge in [0.2, 0.25) is 5.78 Å². The van der Waals surface area contributed by atoms with Crippen LogP contribution in [0.2, 0.25) is 5.02 Å². The summed E-state index contributed by atoms with van der Waals surface area (Å²) in [5.74, 6) is -5.37. The van der Waals surface area contributed by atoms with Crippen molar-refractivity contribution >= 4 is 39.9 Å². The monoisotopic (exact) mass is 481 g/mol. The first-order valence-corrected chi connectivity index (χ1v) is 10.4. The number of furan rings is 1. The topological polar surface area (TPSA) is 91.0 Å². The van der Waals surface area contributed by atoms with E-state index >= 15 is 0 Å². The Kier molecular flexibility index (Phi) is 5.10. The van der Waals surface area contributed by atoms with E-state index in [0.29, 0.717) is 11.0 Å². The van der Waals surface area contributed by atoms with E-state index in [0.717, 1.165) is 23.1 Å². The number of ketones is 1. The zero-order valence-corrected chi connectivity index (χ0v) is 17.9. The van der Waals surface area contributed by atoms with Crippen LogP contribution in [-0.2, 0) is 4.79 Å². The summed E-state index contributed by atoms with van der Waals surface area (Å²) in [7, 11) is 0. The molecule has 0 fully saturated rings. The standard InChI is InChI=1S/C25H14ClF2NO5/c26-15-9-13(5-8-18(15)30)22-21(23(31)20-10-12-3-1-2-4-19(12)34-20)24(32)25(33)29(22)14-6-7-16(27)17(28)11-14/h1-11,22,30,32H. The smallest absolute Gasteiger partial charge is 0.294 e. The van der Waals surface area contributed by atoms with E-state index in [1.165, 1.54) is 24.3 Å². The molecule has 170 valence electrons. The van der Waals surface area contributed by atoms with E-state index < -0.39 is 35.1 Å². The maximum absolute atomic E-state index is 14.0. The Labute approximate surface area is 195 Å². The number of rotatable bonds is 4. The molecule has 0 saturated carbocycles. The molecule has 34 heavy (non-hydrogen) atoms. The van der Waals surface area contributed by atoms with Crippen LogP contribution in [0, 0.1) is 11.6 Å². The van der Waals surface area contributed by atoms with Crippen LogP contribution in [0.25, 0.3) is 11.0 Å². The number of hydrogen-bond acceptors (Lipinski definition) is 5. The van der Waals surface area contributed by atoms with Gasteiger partial charge in [0.15, 0.2) is 23.2 Å². The molecule has 2 N–H and O–H groups in total. The Morgan fingerprint density at radius 3 is 2.44 bits per heavy atom. The average Bonchev–Trinajstić information content (AvgIpc) is 3.36. The number of hydrogen-bond donors (Lipinski definition) is 2. The summed E-state index contributed by atoms with van der Waals surface area (Å²) in [6, 6.07) is 13.8. The SMILES string of the molecule is O=C(C1=C(O)C(=O)N(c2ccc(F)c(F)c2)C1c1ccc(O)c(Cl)c1)c1cc2ccccc2o1. The van der Waals surface area contributed by atoms with Crippen molar-refractivity contribution in [1.29, 1.82) is 0 Å². The lowest BCUT2D eigenvalue weighted by Crippen LogP contribution is -2.31. The zero-order chi connectivity index (χ0) is 24.1. The highest BCUT2D eigenvalue weighted by molar-refractivity contribution is 6.32. The first kappa shape index (κ1) is 21.7. The molecule has 9 heteroatoms. The van der Waals surface area contributed by atoms with Crippen molar-refractivity contribution in [3.05, 3.63) is 106 Å². The molecule has 4 aromatic rings. The molecule has 1 unspecified atom stereocenters. The van der Waals surface area contributed by atoms with Gasteiger partial charge in [0.1, 0.15) is 11.3 Å². The second-order valence-electron chi connectivity index (χ2n) is 7.63. The number of benzene rings is 3. The summed E-state index contributed by atoms with van der Waals surface area (Å²) in [4.78, 5) is 27.5. The predicted molar refractivity (Wildman–Crippen MR) is 120 cm³/mol. The highest BCUT2D eigenvalue weighted by Gasteiger charge is 2.45. The molecule has 1 aliphatic heterocycles. The molecule has 0 saturated heterocycles. The van der Waals surface area contributed by atoms with Gasteiger partial charge >= 0.3 is 0 Å². The van der Waals surface area contributed by atoms with Crippen LogP contribution in [0.1, 0.15) is 22.2 Å². The summed E-state index contributed by atoms with van der Waals surface area (Å²) < 4.78 is 33.2. The highest BCUT2D eigenvalue weighted by Crippen LogP contribution is 2.43. The minimum absolute atomic E-state index is 0.0721. The fourth-order valence-electron chi connectivity index (χ4n) is 3.97. The number of anilines is 1. The third kappa shape index (κ3) is 3.39. The molecule has 2 heterocycles. The molecule has 1 aliphatic rings. The fourth-order valence-corrected chi connectivity index (χ4v) is 4.16. The van der Waals surface area contributed by atoms with Gasteiger partial charge in [-0.3, -0.25) is 14.5 Å². The lowest BCUT2D eigenvalue weighted by molar-refractivity contribution is -0.117. The summed E-state index contributed by atoms with van der Waals surface area (Å²) in [5, 5.41) is 21.1. The van der Waals surface area contributed by atoms with Gasteiger partial charge in [-0.05, 0) is 42.0 Å². The van der Waals surface area contributed by atoms with Crippen LogP contribution in [0.5, 0.6) is 5.75 Å². The second-order valence-corrected chi connectivity index (χ2v) is 8.03. The normalized spacial score (nSPS) is 16.0. The molecular formula is C25H14ClF2NO5. The van der Waals surface area contributed by atoms with Gasteiger partial charge in [-0.1, -0.05) is 35.9 Å². The minimum atomic E-state index is -1.27.